The molecule has 0 aliphatic heterocycles. The lowest BCUT2D eigenvalue weighted by Gasteiger charge is -2.36. The monoisotopic (exact) mass is 242 g/mol. The molecule has 92 valence electrons. The third-order valence-corrected chi connectivity index (χ3v) is 4.02. The topological polar surface area (TPSA) is 34.2 Å². The average Bonchev–Trinajstić information content (AvgIpc) is 2.80. The predicted octanol–water partition coefficient (Wildman–Crippen LogP) is 2.48. The van der Waals surface area contributed by atoms with Crippen molar-refractivity contribution in [2.45, 2.75) is 45.3 Å². The van der Waals surface area contributed by atoms with Crippen molar-refractivity contribution >= 4 is 11.3 Å². The van der Waals surface area contributed by atoms with Crippen molar-refractivity contribution in [3.05, 3.63) is 16.6 Å². The molecule has 1 N–H and O–H groups in total. The van der Waals surface area contributed by atoms with Gasteiger partial charge in [-0.05, 0) is 19.9 Å². The molecule has 1 aromatic rings. The van der Waals surface area contributed by atoms with Crippen LogP contribution in [0.15, 0.2) is 11.6 Å². The summed E-state index contributed by atoms with van der Waals surface area (Å²) in [5, 5.41) is 6.70. The van der Waals surface area contributed by atoms with E-state index in [0.29, 0.717) is 6.04 Å². The van der Waals surface area contributed by atoms with Gasteiger partial charge in [0.15, 0.2) is 0 Å². The highest BCUT2D eigenvalue weighted by molar-refractivity contribution is 7.09. The van der Waals surface area contributed by atoms with Crippen LogP contribution in [0.1, 0.15) is 32.2 Å². The maximum atomic E-state index is 5.66. The molecule has 2 atom stereocenters. The van der Waals surface area contributed by atoms with E-state index in [9.17, 15) is 0 Å². The van der Waals surface area contributed by atoms with Crippen LogP contribution in [0.3, 0.4) is 0 Å². The normalized spacial score (nSPS) is 17.0. The van der Waals surface area contributed by atoms with Crippen molar-refractivity contribution in [1.82, 2.24) is 10.3 Å². The zero-order valence-corrected chi connectivity index (χ0v) is 11.4. The molecular formula is C12H22N2OS. The van der Waals surface area contributed by atoms with E-state index in [2.05, 4.69) is 31.1 Å². The number of nitrogens with one attached hydrogen (secondary N) is 1. The maximum Gasteiger partial charge on any atom is 0.0941 e. The molecule has 0 radical (unpaired) electrons. The van der Waals surface area contributed by atoms with Gasteiger partial charge in [0.1, 0.15) is 0 Å². The molecule has 0 amide bonds. The SMILES string of the molecule is CCNC(Cc1nccs1)C(C)(CC)OC. The summed E-state index contributed by atoms with van der Waals surface area (Å²) in [6, 6.07) is 0.318. The van der Waals surface area contributed by atoms with Crippen LogP contribution in [-0.2, 0) is 11.2 Å². The van der Waals surface area contributed by atoms with Crippen LogP contribution in [0.25, 0.3) is 0 Å². The highest BCUT2D eigenvalue weighted by atomic mass is 32.1. The fourth-order valence-electron chi connectivity index (χ4n) is 1.81. The van der Waals surface area contributed by atoms with Gasteiger partial charge in [0.05, 0.1) is 10.6 Å². The smallest absolute Gasteiger partial charge is 0.0941 e. The standard InChI is InChI=1S/C12H22N2OS/c1-5-12(3,15-4)10(13-6-2)9-11-14-7-8-16-11/h7-8,10,13H,5-6,9H2,1-4H3. The Kier molecular flexibility index (Phi) is 5.38. The second kappa shape index (κ2) is 6.33. The van der Waals surface area contributed by atoms with Gasteiger partial charge in [0.25, 0.3) is 0 Å². The van der Waals surface area contributed by atoms with Crippen LogP contribution >= 0.6 is 11.3 Å². The Balaban J connectivity index is 2.73. The van der Waals surface area contributed by atoms with Gasteiger partial charge in [0.2, 0.25) is 0 Å². The number of thiazole rings is 1. The molecule has 0 spiro atoms. The largest absolute Gasteiger partial charge is 0.377 e. The lowest BCUT2D eigenvalue weighted by Crippen LogP contribution is -2.51. The summed E-state index contributed by atoms with van der Waals surface area (Å²) < 4.78 is 5.66. The van der Waals surface area contributed by atoms with Crippen molar-refractivity contribution in [3.8, 4) is 0 Å². The van der Waals surface area contributed by atoms with E-state index < -0.39 is 0 Å². The fraction of sp³-hybridized carbons (Fsp3) is 0.750. The Bertz CT molecular complexity index is 283. The van der Waals surface area contributed by atoms with Crippen molar-refractivity contribution in [1.29, 1.82) is 0 Å². The first-order valence-electron chi connectivity index (χ1n) is 5.83. The van der Waals surface area contributed by atoms with Crippen LogP contribution in [0.5, 0.6) is 0 Å². The van der Waals surface area contributed by atoms with Crippen molar-refractivity contribution in [2.24, 2.45) is 0 Å². The number of hydrogen-bond acceptors (Lipinski definition) is 4. The van der Waals surface area contributed by atoms with Gasteiger partial charge in [-0.1, -0.05) is 13.8 Å². The van der Waals surface area contributed by atoms with Crippen LogP contribution < -0.4 is 5.32 Å². The van der Waals surface area contributed by atoms with E-state index in [0.717, 1.165) is 19.4 Å². The third-order valence-electron chi connectivity index (χ3n) is 3.22. The van der Waals surface area contributed by atoms with E-state index >= 15 is 0 Å². The Morgan fingerprint density at radius 2 is 2.31 bits per heavy atom. The number of rotatable bonds is 7. The summed E-state index contributed by atoms with van der Waals surface area (Å²) in [6.45, 7) is 7.40. The molecular weight excluding hydrogens is 220 g/mol. The minimum atomic E-state index is -0.123. The third kappa shape index (κ3) is 3.27. The molecule has 4 heteroatoms. The highest BCUT2D eigenvalue weighted by Crippen LogP contribution is 2.23. The zero-order valence-electron chi connectivity index (χ0n) is 10.6. The number of nitrogens with zero attached hydrogens (tertiary/aromatic N) is 1. The van der Waals surface area contributed by atoms with E-state index in [4.69, 9.17) is 4.74 Å². The van der Waals surface area contributed by atoms with Gasteiger partial charge in [-0.25, -0.2) is 4.98 Å². The minimum Gasteiger partial charge on any atom is -0.377 e. The molecule has 0 aliphatic carbocycles. The summed E-state index contributed by atoms with van der Waals surface area (Å²) in [6.07, 6.45) is 3.79. The van der Waals surface area contributed by atoms with Crippen LogP contribution in [0.4, 0.5) is 0 Å². The maximum absolute atomic E-state index is 5.66. The zero-order chi connectivity index (χ0) is 12.0. The molecule has 0 saturated heterocycles. The van der Waals surface area contributed by atoms with Crippen LogP contribution in [-0.4, -0.2) is 30.3 Å². The van der Waals surface area contributed by atoms with Crippen LogP contribution in [0, 0.1) is 0 Å². The second-order valence-electron chi connectivity index (χ2n) is 4.11. The Hall–Kier alpha value is -0.450. The molecule has 1 aromatic heterocycles. The number of likely N-dealkylation sites (N-methyl/N-ethyl adjacent to an activating group) is 1. The Morgan fingerprint density at radius 3 is 2.75 bits per heavy atom. The summed E-state index contributed by atoms with van der Waals surface area (Å²) in [5.41, 5.74) is -0.123. The van der Waals surface area contributed by atoms with Crippen molar-refractivity contribution in [3.63, 3.8) is 0 Å². The molecule has 0 aliphatic rings. The first kappa shape index (κ1) is 13.6. The van der Waals surface area contributed by atoms with Crippen molar-refractivity contribution < 1.29 is 4.74 Å². The molecule has 2 unspecified atom stereocenters. The van der Waals surface area contributed by atoms with Crippen molar-refractivity contribution in [2.75, 3.05) is 13.7 Å². The number of aromatic nitrogens is 1. The van der Waals surface area contributed by atoms with Gasteiger partial charge in [-0.3, -0.25) is 0 Å². The molecule has 3 nitrogen and oxygen atoms in total. The van der Waals surface area contributed by atoms with Gasteiger partial charge < -0.3 is 10.1 Å². The molecule has 1 rings (SSSR count). The summed E-state index contributed by atoms with van der Waals surface area (Å²) >= 11 is 1.71. The fourth-order valence-corrected chi connectivity index (χ4v) is 2.48. The summed E-state index contributed by atoms with van der Waals surface area (Å²) in [5.74, 6) is 0. The first-order valence-corrected chi connectivity index (χ1v) is 6.71. The molecule has 1 heterocycles. The summed E-state index contributed by atoms with van der Waals surface area (Å²) in [4.78, 5) is 4.34. The van der Waals surface area contributed by atoms with Crippen LogP contribution in [0.2, 0.25) is 0 Å². The van der Waals surface area contributed by atoms with Gasteiger partial charge >= 0.3 is 0 Å². The van der Waals surface area contributed by atoms with E-state index in [1.54, 1.807) is 18.4 Å². The quantitative estimate of drug-likeness (QED) is 0.797. The molecule has 0 bridgehead atoms. The number of hydrogen-bond donors (Lipinski definition) is 1. The molecule has 0 saturated carbocycles. The highest BCUT2D eigenvalue weighted by Gasteiger charge is 2.32. The number of ether oxygens (including phenoxy) is 1. The molecule has 0 aromatic carbocycles. The lowest BCUT2D eigenvalue weighted by molar-refractivity contribution is -0.0283. The summed E-state index contributed by atoms with van der Waals surface area (Å²) in [7, 11) is 1.79. The van der Waals surface area contributed by atoms with E-state index in [-0.39, 0.29) is 5.60 Å². The number of methoxy groups -OCH3 is 1. The molecule has 0 fully saturated rings. The first-order chi connectivity index (χ1) is 7.66. The lowest BCUT2D eigenvalue weighted by atomic mass is 9.91. The van der Waals surface area contributed by atoms with E-state index in [1.165, 1.54) is 5.01 Å². The Morgan fingerprint density at radius 1 is 1.56 bits per heavy atom. The van der Waals surface area contributed by atoms with Gasteiger partial charge in [-0.15, -0.1) is 11.3 Å². The van der Waals surface area contributed by atoms with Gasteiger partial charge in [-0.2, -0.15) is 0 Å². The average molecular weight is 242 g/mol. The van der Waals surface area contributed by atoms with Gasteiger partial charge in [0, 0.05) is 31.1 Å². The van der Waals surface area contributed by atoms with E-state index in [1.807, 2.05) is 11.6 Å². The predicted molar refractivity (Wildman–Crippen MR) is 69.0 cm³/mol. The minimum absolute atomic E-state index is 0.123. The molecule has 16 heavy (non-hydrogen) atoms. The second-order valence-corrected chi connectivity index (χ2v) is 5.09. The Labute approximate surface area is 102 Å².